The zero-order chi connectivity index (χ0) is 16.6. The molecule has 1 aliphatic carbocycles. The highest BCUT2D eigenvalue weighted by Crippen LogP contribution is 2.40. The summed E-state index contributed by atoms with van der Waals surface area (Å²) >= 11 is 0. The van der Waals surface area contributed by atoms with Gasteiger partial charge in [0.1, 0.15) is 0 Å². The second-order valence-electron chi connectivity index (χ2n) is 6.85. The molecule has 0 atom stereocenters. The van der Waals surface area contributed by atoms with Gasteiger partial charge >= 0.3 is 0 Å². The first-order valence-corrected chi connectivity index (χ1v) is 8.14. The van der Waals surface area contributed by atoms with Gasteiger partial charge in [0.2, 0.25) is 0 Å². The molecule has 0 spiro atoms. The monoisotopic (exact) mass is 299 g/mol. The van der Waals surface area contributed by atoms with Gasteiger partial charge in [0, 0.05) is 0 Å². The van der Waals surface area contributed by atoms with Crippen LogP contribution in [-0.4, -0.2) is 6.61 Å². The minimum Gasteiger partial charge on any atom is -0.375 e. The fourth-order valence-corrected chi connectivity index (χ4v) is 2.89. The molecular weight excluding hydrogens is 268 g/mol. The lowest BCUT2D eigenvalue weighted by atomic mass is 9.72. The second-order valence-corrected chi connectivity index (χ2v) is 6.85. The van der Waals surface area contributed by atoms with E-state index in [4.69, 9.17) is 4.74 Å². The van der Waals surface area contributed by atoms with Crippen molar-refractivity contribution in [2.75, 3.05) is 6.61 Å². The van der Waals surface area contributed by atoms with Gasteiger partial charge in [0.05, 0.1) is 13.7 Å². The van der Waals surface area contributed by atoms with Crippen LogP contribution in [0.2, 0.25) is 0 Å². The molecule has 0 aliphatic heterocycles. The number of allylic oxidation sites excluding steroid dienone is 9. The third-order valence-electron chi connectivity index (χ3n) is 4.30. The molecule has 121 valence electrons. The van der Waals surface area contributed by atoms with Gasteiger partial charge in [-0.15, -0.1) is 0 Å². The van der Waals surface area contributed by atoms with Crippen LogP contribution in [0.3, 0.4) is 0 Å². The fraction of sp³-hybridized carbons (Fsp3) is 0.476. The van der Waals surface area contributed by atoms with Crippen molar-refractivity contribution >= 4 is 0 Å². The minimum atomic E-state index is 0.308. The van der Waals surface area contributed by atoms with E-state index in [-0.39, 0.29) is 0 Å². The van der Waals surface area contributed by atoms with Crippen LogP contribution in [0, 0.1) is 12.5 Å². The maximum Gasteiger partial charge on any atom is 0.0704 e. The van der Waals surface area contributed by atoms with Crippen LogP contribution >= 0.6 is 0 Å². The molecule has 0 aromatic heterocycles. The molecule has 0 unspecified atom stereocenters. The van der Waals surface area contributed by atoms with Gasteiger partial charge in [-0.1, -0.05) is 67.0 Å². The summed E-state index contributed by atoms with van der Waals surface area (Å²) in [7, 11) is 3.36. The molecule has 22 heavy (non-hydrogen) atoms. The quantitative estimate of drug-likeness (QED) is 0.521. The third-order valence-corrected chi connectivity index (χ3v) is 4.30. The lowest BCUT2D eigenvalue weighted by Crippen LogP contribution is -2.19. The van der Waals surface area contributed by atoms with Gasteiger partial charge in [-0.05, 0) is 51.0 Å². The summed E-state index contributed by atoms with van der Waals surface area (Å²) in [6.45, 7) is 11.7. The summed E-state index contributed by atoms with van der Waals surface area (Å²) in [5.41, 5.74) is 5.81. The Morgan fingerprint density at radius 2 is 1.95 bits per heavy atom. The normalized spacial score (nSPS) is 20.5. The lowest BCUT2D eigenvalue weighted by Gasteiger charge is -2.32. The first-order chi connectivity index (χ1) is 10.4. The first-order valence-electron chi connectivity index (χ1n) is 8.14. The first kappa shape index (κ1) is 18.7. The van der Waals surface area contributed by atoms with E-state index < -0.39 is 0 Å². The van der Waals surface area contributed by atoms with Crippen LogP contribution < -0.4 is 0 Å². The summed E-state index contributed by atoms with van der Waals surface area (Å²) in [5, 5.41) is 0. The predicted molar refractivity (Wildman–Crippen MR) is 97.4 cm³/mol. The van der Waals surface area contributed by atoms with Crippen molar-refractivity contribution in [3.63, 3.8) is 0 Å². The zero-order valence-corrected chi connectivity index (χ0v) is 14.9. The average Bonchev–Trinajstić information content (AvgIpc) is 2.43. The van der Waals surface area contributed by atoms with Crippen molar-refractivity contribution in [2.24, 2.45) is 5.41 Å². The number of hydrogen-bond donors (Lipinski definition) is 0. The molecule has 0 saturated heterocycles. The van der Waals surface area contributed by atoms with E-state index in [0.717, 1.165) is 0 Å². The Morgan fingerprint density at radius 1 is 1.23 bits per heavy atom. The molecule has 1 aliphatic rings. The Kier molecular flexibility index (Phi) is 7.61. The van der Waals surface area contributed by atoms with Crippen LogP contribution in [0.1, 0.15) is 53.9 Å². The number of hydrogen-bond acceptors (Lipinski definition) is 1. The molecule has 0 aromatic carbocycles. The number of ether oxygens (including phenoxy) is 1. The molecule has 0 N–H and O–H groups in total. The SMILES string of the molecule is [CH2]OCC=C(C)C=CC=C(C)C=CC1=C(C)CCCC1(C)C. The Hall–Kier alpha value is -1.34. The van der Waals surface area contributed by atoms with Gasteiger partial charge in [-0.25, -0.2) is 0 Å². The smallest absolute Gasteiger partial charge is 0.0704 e. The highest BCUT2D eigenvalue weighted by Gasteiger charge is 2.26. The molecule has 0 bridgehead atoms. The van der Waals surface area contributed by atoms with E-state index in [9.17, 15) is 0 Å². The average molecular weight is 299 g/mol. The van der Waals surface area contributed by atoms with E-state index in [1.165, 1.54) is 36.0 Å². The molecule has 0 saturated carbocycles. The molecule has 1 radical (unpaired) electrons. The molecule has 0 heterocycles. The Labute approximate surface area is 137 Å². The van der Waals surface area contributed by atoms with E-state index in [1.807, 2.05) is 6.08 Å². The molecular formula is C21H31O. The van der Waals surface area contributed by atoms with Crippen molar-refractivity contribution in [3.05, 3.63) is 65.9 Å². The Morgan fingerprint density at radius 3 is 2.59 bits per heavy atom. The van der Waals surface area contributed by atoms with Crippen molar-refractivity contribution in [2.45, 2.75) is 53.9 Å². The van der Waals surface area contributed by atoms with Crippen LogP contribution in [0.5, 0.6) is 0 Å². The van der Waals surface area contributed by atoms with Crippen LogP contribution in [0.25, 0.3) is 0 Å². The van der Waals surface area contributed by atoms with E-state index >= 15 is 0 Å². The van der Waals surface area contributed by atoms with Crippen LogP contribution in [-0.2, 0) is 4.74 Å². The third kappa shape index (κ3) is 6.19. The van der Waals surface area contributed by atoms with Crippen molar-refractivity contribution < 1.29 is 4.74 Å². The highest BCUT2D eigenvalue weighted by molar-refractivity contribution is 5.37. The molecule has 0 amide bonds. The zero-order valence-electron chi connectivity index (χ0n) is 14.9. The minimum absolute atomic E-state index is 0.308. The Bertz CT molecular complexity index is 510. The molecule has 1 rings (SSSR count). The van der Waals surface area contributed by atoms with Crippen LogP contribution in [0.4, 0.5) is 0 Å². The molecule has 0 aromatic rings. The second kappa shape index (κ2) is 8.95. The number of rotatable bonds is 6. The summed E-state index contributed by atoms with van der Waals surface area (Å²) in [6.07, 6.45) is 16.7. The van der Waals surface area contributed by atoms with E-state index in [2.05, 4.69) is 72.1 Å². The van der Waals surface area contributed by atoms with E-state index in [0.29, 0.717) is 12.0 Å². The maximum atomic E-state index is 4.78. The van der Waals surface area contributed by atoms with Crippen molar-refractivity contribution in [3.8, 4) is 0 Å². The fourth-order valence-electron chi connectivity index (χ4n) is 2.89. The van der Waals surface area contributed by atoms with Gasteiger partial charge in [0.15, 0.2) is 0 Å². The summed E-state index contributed by atoms with van der Waals surface area (Å²) in [6, 6.07) is 0. The van der Waals surface area contributed by atoms with Gasteiger partial charge in [0.25, 0.3) is 0 Å². The summed E-state index contributed by atoms with van der Waals surface area (Å²) in [4.78, 5) is 0. The van der Waals surface area contributed by atoms with Gasteiger partial charge in [-0.3, -0.25) is 0 Å². The summed E-state index contributed by atoms with van der Waals surface area (Å²) in [5.74, 6) is 0. The van der Waals surface area contributed by atoms with Crippen molar-refractivity contribution in [1.82, 2.24) is 0 Å². The lowest BCUT2D eigenvalue weighted by molar-refractivity contribution is 0.281. The maximum absolute atomic E-state index is 4.78. The molecule has 1 nitrogen and oxygen atoms in total. The van der Waals surface area contributed by atoms with Gasteiger partial charge < -0.3 is 4.74 Å². The largest absolute Gasteiger partial charge is 0.375 e. The topological polar surface area (TPSA) is 9.23 Å². The summed E-state index contributed by atoms with van der Waals surface area (Å²) < 4.78 is 4.78. The van der Waals surface area contributed by atoms with Gasteiger partial charge in [-0.2, -0.15) is 0 Å². The standard InChI is InChI=1S/C21H31O/c1-17(9-7-10-18(2)14-16-22-6)12-13-20-19(3)11-8-15-21(20,4)5/h7,9-10,12-14H,6,8,11,15-16H2,1-5H3. The molecule has 0 fully saturated rings. The predicted octanol–water partition coefficient (Wildman–Crippen LogP) is 6.33. The Balaban J connectivity index is 2.73. The van der Waals surface area contributed by atoms with E-state index in [1.54, 1.807) is 5.57 Å². The van der Waals surface area contributed by atoms with Crippen LogP contribution in [0.15, 0.2) is 58.7 Å². The molecule has 1 heteroatoms. The van der Waals surface area contributed by atoms with Crippen molar-refractivity contribution in [1.29, 1.82) is 0 Å². The highest BCUT2D eigenvalue weighted by atomic mass is 16.5.